The molecule has 5 aliphatic rings. The van der Waals surface area contributed by atoms with E-state index in [-0.39, 0.29) is 5.41 Å². The number of hydrogen-bond acceptors (Lipinski definition) is 3. The van der Waals surface area contributed by atoms with E-state index in [0.717, 1.165) is 38.6 Å². The Bertz CT molecular complexity index is 2020. The van der Waals surface area contributed by atoms with Gasteiger partial charge in [-0.15, -0.1) is 0 Å². The van der Waals surface area contributed by atoms with E-state index in [1.807, 2.05) is 0 Å². The average Bonchev–Trinajstić information content (AvgIpc) is 3.61. The van der Waals surface area contributed by atoms with Crippen molar-refractivity contribution in [2.75, 3.05) is 31.1 Å². The van der Waals surface area contributed by atoms with Gasteiger partial charge in [0.25, 0.3) is 0 Å². The van der Waals surface area contributed by atoms with Crippen LogP contribution in [-0.2, 0) is 5.41 Å². The molecular weight excluding hydrogens is 571 g/mol. The molecule has 2 fully saturated rings. The van der Waals surface area contributed by atoms with Crippen LogP contribution in [0.4, 0.5) is 5.69 Å². The molecule has 3 nitrogen and oxygen atoms in total. The lowest BCUT2D eigenvalue weighted by atomic mass is 9.69. The summed E-state index contributed by atoms with van der Waals surface area (Å²) in [7, 11) is 0. The molecule has 1 saturated carbocycles. The predicted octanol–water partition coefficient (Wildman–Crippen LogP) is 10.0. The van der Waals surface area contributed by atoms with Gasteiger partial charge in [0.2, 0.25) is 5.96 Å². The van der Waals surface area contributed by atoms with E-state index in [1.54, 1.807) is 0 Å². The highest BCUT2D eigenvalue weighted by Crippen LogP contribution is 2.63. The lowest BCUT2D eigenvalue weighted by Crippen LogP contribution is -2.52. The third kappa shape index (κ3) is 4.02. The maximum Gasteiger partial charge on any atom is 0.201 e. The zero-order valence-corrected chi connectivity index (χ0v) is 27.1. The van der Waals surface area contributed by atoms with Crippen LogP contribution in [0.25, 0.3) is 33.4 Å². The zero-order chi connectivity index (χ0) is 31.0. The Morgan fingerprint density at radius 1 is 0.532 bits per heavy atom. The summed E-state index contributed by atoms with van der Waals surface area (Å²) in [5, 5.41) is 0. The lowest BCUT2D eigenvalue weighted by molar-refractivity contribution is 0.360. The van der Waals surface area contributed by atoms with Crippen LogP contribution in [0.3, 0.4) is 0 Å². The molecule has 3 aliphatic carbocycles. The molecule has 2 heterocycles. The minimum absolute atomic E-state index is 0.292. The molecule has 2 aliphatic heterocycles. The van der Waals surface area contributed by atoms with Gasteiger partial charge in [-0.25, -0.2) is 0 Å². The fraction of sp³-hybridized carbons (Fsp3) is 0.295. The molecule has 232 valence electrons. The smallest absolute Gasteiger partial charge is 0.201 e. The van der Waals surface area contributed by atoms with Crippen molar-refractivity contribution in [2.24, 2.45) is 4.99 Å². The highest BCUT2D eigenvalue weighted by atomic mass is 15.4. The third-order valence-electron chi connectivity index (χ3n) is 11.9. The van der Waals surface area contributed by atoms with Gasteiger partial charge in [0.1, 0.15) is 0 Å². The molecule has 0 N–H and O–H groups in total. The van der Waals surface area contributed by atoms with Crippen molar-refractivity contribution < 1.29 is 0 Å². The zero-order valence-electron chi connectivity index (χ0n) is 27.1. The van der Waals surface area contributed by atoms with Crippen molar-refractivity contribution in [2.45, 2.75) is 56.3 Å². The summed E-state index contributed by atoms with van der Waals surface area (Å²) >= 11 is 0. The van der Waals surface area contributed by atoms with Crippen molar-refractivity contribution in [3.63, 3.8) is 0 Å². The van der Waals surface area contributed by atoms with Gasteiger partial charge in [0, 0.05) is 31.9 Å². The molecule has 1 spiro atoms. The molecule has 0 radical (unpaired) electrons. The molecule has 0 unspecified atom stereocenters. The summed E-state index contributed by atoms with van der Waals surface area (Å²) in [6.45, 7) is 4.20. The van der Waals surface area contributed by atoms with Gasteiger partial charge in [-0.05, 0) is 111 Å². The second-order valence-electron chi connectivity index (χ2n) is 14.3. The van der Waals surface area contributed by atoms with E-state index in [4.69, 9.17) is 4.99 Å². The molecule has 1 saturated heterocycles. The van der Waals surface area contributed by atoms with E-state index in [0.29, 0.717) is 5.92 Å². The Morgan fingerprint density at radius 2 is 1.26 bits per heavy atom. The van der Waals surface area contributed by atoms with Gasteiger partial charge in [-0.1, -0.05) is 110 Å². The summed E-state index contributed by atoms with van der Waals surface area (Å²) in [5.74, 6) is 1.83. The number of benzene rings is 5. The van der Waals surface area contributed by atoms with Gasteiger partial charge in [0.05, 0.1) is 5.41 Å². The monoisotopic (exact) mass is 611 g/mol. The minimum atomic E-state index is -0.292. The largest absolute Gasteiger partial charge is 0.342 e. The first-order chi connectivity index (χ1) is 23.3. The van der Waals surface area contributed by atoms with Crippen molar-refractivity contribution in [3.05, 3.63) is 137 Å². The number of fused-ring (bicyclic) bond motifs is 11. The predicted molar refractivity (Wildman–Crippen MR) is 194 cm³/mol. The van der Waals surface area contributed by atoms with Crippen molar-refractivity contribution in [1.29, 1.82) is 0 Å². The second-order valence-corrected chi connectivity index (χ2v) is 14.3. The topological polar surface area (TPSA) is 18.8 Å². The summed E-state index contributed by atoms with van der Waals surface area (Å²) in [4.78, 5) is 9.89. The van der Waals surface area contributed by atoms with Crippen molar-refractivity contribution >= 4 is 11.6 Å². The van der Waals surface area contributed by atoms with Crippen LogP contribution in [0.1, 0.15) is 78.7 Å². The fourth-order valence-corrected chi connectivity index (χ4v) is 9.76. The highest BCUT2D eigenvalue weighted by molar-refractivity contribution is 5.99. The second kappa shape index (κ2) is 10.7. The Hall–Kier alpha value is -4.63. The quantitative estimate of drug-likeness (QED) is 0.198. The van der Waals surface area contributed by atoms with Gasteiger partial charge >= 0.3 is 0 Å². The maximum atomic E-state index is 4.97. The SMILES string of the molecule is c1cc(-c2ccc3c(c2)-c2ccc(C4CCCCC4)cc2C32c3ccccc3-c3ccccc32)cc(N2CCCN3CCCN=C32)c1. The number of aliphatic imine (C=N–C) groups is 1. The normalized spacial score (nSPS) is 19.1. The Labute approximate surface area is 278 Å². The van der Waals surface area contributed by atoms with Crippen molar-refractivity contribution in [3.8, 4) is 33.4 Å². The van der Waals surface area contributed by atoms with Gasteiger partial charge in [0.15, 0.2) is 0 Å². The first-order valence-electron chi connectivity index (χ1n) is 18.0. The molecule has 0 amide bonds. The molecule has 3 heteroatoms. The molecule has 5 aromatic rings. The van der Waals surface area contributed by atoms with Crippen LogP contribution in [0.15, 0.2) is 114 Å². The van der Waals surface area contributed by atoms with Crippen LogP contribution in [0.2, 0.25) is 0 Å². The minimum Gasteiger partial charge on any atom is -0.342 e. The maximum absolute atomic E-state index is 4.97. The Kier molecular flexibility index (Phi) is 6.26. The van der Waals surface area contributed by atoms with E-state index < -0.39 is 0 Å². The Morgan fingerprint density at radius 3 is 2.09 bits per heavy atom. The number of guanidine groups is 1. The van der Waals surface area contributed by atoms with Gasteiger partial charge in [-0.3, -0.25) is 4.99 Å². The number of nitrogens with zero attached hydrogens (tertiary/aromatic N) is 3. The van der Waals surface area contributed by atoms with Gasteiger partial charge in [-0.2, -0.15) is 0 Å². The summed E-state index contributed by atoms with van der Waals surface area (Å²) in [5.41, 5.74) is 16.3. The summed E-state index contributed by atoms with van der Waals surface area (Å²) in [6.07, 6.45) is 9.04. The first kappa shape index (κ1) is 27.5. The molecular formula is C44H41N3. The lowest BCUT2D eigenvalue weighted by Gasteiger charge is -2.41. The van der Waals surface area contributed by atoms with E-state index in [1.165, 1.54) is 105 Å². The Balaban J connectivity index is 1.15. The standard InChI is InChI=1S/C44H41N3/c1-2-11-30(12-3-1)33-19-21-37-38-28-32(31-13-8-14-34(27-31)47-26-10-25-46-24-9-23-45-43(46)47)20-22-41(38)44(42(37)29-33)39-17-6-4-15-35(39)36-16-5-7-18-40(36)44/h4-8,13-22,27-30H,1-3,9-12,23-26H2. The van der Waals surface area contributed by atoms with Crippen LogP contribution >= 0.6 is 0 Å². The van der Waals surface area contributed by atoms with Crippen LogP contribution in [0, 0.1) is 0 Å². The summed E-state index contributed by atoms with van der Waals surface area (Å²) in [6, 6.07) is 42.4. The van der Waals surface area contributed by atoms with Crippen LogP contribution in [-0.4, -0.2) is 37.0 Å². The fourth-order valence-electron chi connectivity index (χ4n) is 9.76. The average molecular weight is 612 g/mol. The number of hydrogen-bond donors (Lipinski definition) is 0. The van der Waals surface area contributed by atoms with Crippen LogP contribution < -0.4 is 4.90 Å². The van der Waals surface area contributed by atoms with Gasteiger partial charge < -0.3 is 9.80 Å². The molecule has 47 heavy (non-hydrogen) atoms. The molecule has 10 rings (SSSR count). The number of rotatable bonds is 3. The molecule has 0 aromatic heterocycles. The highest BCUT2D eigenvalue weighted by Gasteiger charge is 2.51. The van der Waals surface area contributed by atoms with E-state index in [9.17, 15) is 0 Å². The summed E-state index contributed by atoms with van der Waals surface area (Å²) < 4.78 is 0. The van der Waals surface area contributed by atoms with Crippen LogP contribution in [0.5, 0.6) is 0 Å². The third-order valence-corrected chi connectivity index (χ3v) is 11.9. The molecule has 0 bridgehead atoms. The first-order valence-corrected chi connectivity index (χ1v) is 18.0. The van der Waals surface area contributed by atoms with Crippen molar-refractivity contribution in [1.82, 2.24) is 4.90 Å². The molecule has 5 aromatic carbocycles. The van der Waals surface area contributed by atoms with E-state index >= 15 is 0 Å². The van der Waals surface area contributed by atoms with E-state index in [2.05, 4.69) is 119 Å². The number of anilines is 1. The molecule has 0 atom stereocenters.